The molecule has 1 aliphatic carbocycles. The van der Waals surface area contributed by atoms with Gasteiger partial charge in [0.1, 0.15) is 5.82 Å². The molecular formula is C24H32N6O. The van der Waals surface area contributed by atoms with E-state index in [1.54, 1.807) is 0 Å². The Labute approximate surface area is 183 Å². The molecule has 0 unspecified atom stereocenters. The molecule has 1 aliphatic heterocycles. The van der Waals surface area contributed by atoms with E-state index < -0.39 is 0 Å². The normalized spacial score (nSPS) is 22.3. The van der Waals surface area contributed by atoms with E-state index in [-0.39, 0.29) is 23.8 Å². The third kappa shape index (κ3) is 4.11. The van der Waals surface area contributed by atoms with E-state index in [1.807, 2.05) is 6.92 Å². The molecule has 3 aromatic rings. The van der Waals surface area contributed by atoms with Crippen molar-refractivity contribution < 1.29 is 4.79 Å². The van der Waals surface area contributed by atoms with Crippen LogP contribution in [0.15, 0.2) is 30.5 Å². The molecule has 1 saturated carbocycles. The summed E-state index contributed by atoms with van der Waals surface area (Å²) in [5.74, 6) is 2.20. The SMILES string of the molecule is Cc1nc([C@H]2CCN(Cc3cn(C(C)C)c4ccccc34)C[C@H]2NC(=O)C2CC2)n[nH]1. The molecule has 0 spiro atoms. The average Bonchev–Trinajstić information content (AvgIpc) is 3.43. The Bertz CT molecular complexity index is 1080. The topological polar surface area (TPSA) is 78.8 Å². The molecule has 1 saturated heterocycles. The van der Waals surface area contributed by atoms with Gasteiger partial charge in [0.15, 0.2) is 5.82 Å². The molecule has 2 aromatic heterocycles. The Morgan fingerprint density at radius 1 is 1.26 bits per heavy atom. The first-order valence-corrected chi connectivity index (χ1v) is 11.5. The number of para-hydroxylation sites is 1. The molecule has 2 atom stereocenters. The number of piperidine rings is 1. The zero-order valence-electron chi connectivity index (χ0n) is 18.6. The molecule has 2 aliphatic rings. The van der Waals surface area contributed by atoms with Crippen molar-refractivity contribution in [2.75, 3.05) is 13.1 Å². The number of nitrogens with one attached hydrogen (secondary N) is 2. The summed E-state index contributed by atoms with van der Waals surface area (Å²) in [7, 11) is 0. The maximum Gasteiger partial charge on any atom is 0.223 e. The van der Waals surface area contributed by atoms with Gasteiger partial charge in [0.2, 0.25) is 5.91 Å². The van der Waals surface area contributed by atoms with Crippen LogP contribution in [-0.2, 0) is 11.3 Å². The van der Waals surface area contributed by atoms with Crippen molar-refractivity contribution in [1.29, 1.82) is 0 Å². The fourth-order valence-corrected chi connectivity index (χ4v) is 4.86. The van der Waals surface area contributed by atoms with Crippen molar-refractivity contribution in [3.63, 3.8) is 0 Å². The highest BCUT2D eigenvalue weighted by molar-refractivity contribution is 5.84. The Balaban J connectivity index is 1.37. The number of nitrogens with zero attached hydrogens (tertiary/aromatic N) is 4. The molecule has 5 rings (SSSR count). The molecule has 164 valence electrons. The van der Waals surface area contributed by atoms with Crippen molar-refractivity contribution in [3.8, 4) is 0 Å². The molecule has 1 aromatic carbocycles. The smallest absolute Gasteiger partial charge is 0.223 e. The molecule has 31 heavy (non-hydrogen) atoms. The van der Waals surface area contributed by atoms with Crippen molar-refractivity contribution in [2.45, 2.75) is 64.6 Å². The quantitative estimate of drug-likeness (QED) is 0.639. The summed E-state index contributed by atoms with van der Waals surface area (Å²) >= 11 is 0. The van der Waals surface area contributed by atoms with E-state index >= 15 is 0 Å². The molecule has 7 heteroatoms. The predicted octanol–water partition coefficient (Wildman–Crippen LogP) is 3.53. The highest BCUT2D eigenvalue weighted by Crippen LogP contribution is 2.33. The molecule has 3 heterocycles. The number of benzene rings is 1. The maximum absolute atomic E-state index is 12.6. The van der Waals surface area contributed by atoms with Crippen LogP contribution in [0.5, 0.6) is 0 Å². The van der Waals surface area contributed by atoms with Crippen molar-refractivity contribution in [1.82, 2.24) is 30.0 Å². The van der Waals surface area contributed by atoms with Crippen LogP contribution in [0.25, 0.3) is 10.9 Å². The van der Waals surface area contributed by atoms with Crippen molar-refractivity contribution in [2.24, 2.45) is 5.92 Å². The van der Waals surface area contributed by atoms with Gasteiger partial charge in [0.05, 0.1) is 6.04 Å². The lowest BCUT2D eigenvalue weighted by atomic mass is 9.90. The second-order valence-corrected chi connectivity index (χ2v) is 9.47. The second kappa shape index (κ2) is 8.11. The Hall–Kier alpha value is -2.67. The van der Waals surface area contributed by atoms with E-state index in [2.05, 4.69) is 74.3 Å². The summed E-state index contributed by atoms with van der Waals surface area (Å²) in [4.78, 5) is 19.6. The van der Waals surface area contributed by atoms with Crippen LogP contribution in [0, 0.1) is 12.8 Å². The lowest BCUT2D eigenvalue weighted by Gasteiger charge is -2.37. The first kappa shape index (κ1) is 20.2. The van der Waals surface area contributed by atoms with E-state index in [0.717, 1.165) is 50.5 Å². The third-order valence-corrected chi connectivity index (χ3v) is 6.69. The molecule has 7 nitrogen and oxygen atoms in total. The minimum Gasteiger partial charge on any atom is -0.351 e. The minimum atomic E-state index is 0.0375. The summed E-state index contributed by atoms with van der Waals surface area (Å²) in [5.41, 5.74) is 2.64. The zero-order chi connectivity index (χ0) is 21.5. The fraction of sp³-hybridized carbons (Fsp3) is 0.542. The van der Waals surface area contributed by atoms with Gasteiger partial charge in [-0.15, -0.1) is 0 Å². The molecule has 2 fully saturated rings. The largest absolute Gasteiger partial charge is 0.351 e. The van der Waals surface area contributed by atoms with Crippen molar-refractivity contribution in [3.05, 3.63) is 47.7 Å². The van der Waals surface area contributed by atoms with E-state index in [0.29, 0.717) is 6.04 Å². The van der Waals surface area contributed by atoms with Crippen LogP contribution in [0.1, 0.15) is 62.3 Å². The lowest BCUT2D eigenvalue weighted by Crippen LogP contribution is -2.52. The molecule has 0 radical (unpaired) electrons. The summed E-state index contributed by atoms with van der Waals surface area (Å²) in [5, 5.41) is 12.0. The van der Waals surface area contributed by atoms with Gasteiger partial charge >= 0.3 is 0 Å². The number of aromatic amines is 1. The molecule has 1 amide bonds. The van der Waals surface area contributed by atoms with Crippen LogP contribution in [0.2, 0.25) is 0 Å². The standard InChI is InChI=1S/C24H32N6O/c1-15(2)30-13-18(19-6-4-5-7-22(19)30)12-29-11-10-20(23-25-16(3)27-28-23)21(14-29)26-24(31)17-8-9-17/h4-7,13,15,17,20-21H,8-12,14H2,1-3H3,(H,26,31)(H,25,27,28)/t20-,21+/m0/s1. The van der Waals surface area contributed by atoms with Crippen LogP contribution in [0.3, 0.4) is 0 Å². The number of likely N-dealkylation sites (tertiary alicyclic amines) is 1. The molecule has 2 N–H and O–H groups in total. The van der Waals surface area contributed by atoms with Gasteiger partial charge in [-0.25, -0.2) is 4.98 Å². The third-order valence-electron chi connectivity index (χ3n) is 6.69. The monoisotopic (exact) mass is 420 g/mol. The van der Waals surface area contributed by atoms with Gasteiger partial charge in [0.25, 0.3) is 0 Å². The number of rotatable bonds is 6. The fourth-order valence-electron chi connectivity index (χ4n) is 4.86. The van der Waals surface area contributed by atoms with Gasteiger partial charge < -0.3 is 9.88 Å². The summed E-state index contributed by atoms with van der Waals surface area (Å²) in [6.45, 7) is 9.05. The second-order valence-electron chi connectivity index (χ2n) is 9.47. The van der Waals surface area contributed by atoms with Gasteiger partial charge in [-0.1, -0.05) is 18.2 Å². The molecular weight excluding hydrogens is 388 g/mol. The highest BCUT2D eigenvalue weighted by Gasteiger charge is 2.37. The number of carbonyl (C=O) groups is 1. The van der Waals surface area contributed by atoms with Crippen LogP contribution < -0.4 is 5.32 Å². The number of hydrogen-bond donors (Lipinski definition) is 2. The number of aromatic nitrogens is 4. The first-order valence-electron chi connectivity index (χ1n) is 11.5. The van der Waals surface area contributed by atoms with Crippen molar-refractivity contribution >= 4 is 16.8 Å². The van der Waals surface area contributed by atoms with Crippen LogP contribution in [-0.4, -0.2) is 49.7 Å². The van der Waals surface area contributed by atoms with E-state index in [4.69, 9.17) is 0 Å². The molecule has 0 bridgehead atoms. The number of carbonyl (C=O) groups excluding carboxylic acids is 1. The van der Waals surface area contributed by atoms with Gasteiger partial charge in [0, 0.05) is 48.1 Å². The lowest BCUT2D eigenvalue weighted by molar-refractivity contribution is -0.123. The number of fused-ring (bicyclic) bond motifs is 1. The Morgan fingerprint density at radius 2 is 2.06 bits per heavy atom. The Morgan fingerprint density at radius 3 is 2.77 bits per heavy atom. The average molecular weight is 421 g/mol. The van der Waals surface area contributed by atoms with Gasteiger partial charge in [-0.05, 0) is 58.2 Å². The number of H-pyrrole nitrogens is 1. The van der Waals surface area contributed by atoms with Gasteiger partial charge in [-0.3, -0.25) is 14.8 Å². The number of aryl methyl sites for hydroxylation is 1. The summed E-state index contributed by atoms with van der Waals surface area (Å²) < 4.78 is 2.36. The zero-order valence-corrected chi connectivity index (χ0v) is 18.6. The predicted molar refractivity (Wildman–Crippen MR) is 121 cm³/mol. The minimum absolute atomic E-state index is 0.0375. The maximum atomic E-state index is 12.6. The summed E-state index contributed by atoms with van der Waals surface area (Å²) in [6.07, 6.45) is 5.27. The number of hydrogen-bond acceptors (Lipinski definition) is 4. The van der Waals surface area contributed by atoms with E-state index in [1.165, 1.54) is 16.5 Å². The van der Waals surface area contributed by atoms with Gasteiger partial charge in [-0.2, -0.15) is 5.10 Å². The van der Waals surface area contributed by atoms with Crippen LogP contribution >= 0.6 is 0 Å². The van der Waals surface area contributed by atoms with E-state index in [9.17, 15) is 4.79 Å². The first-order chi connectivity index (χ1) is 15.0. The summed E-state index contributed by atoms with van der Waals surface area (Å²) in [6, 6.07) is 9.11. The Kier molecular flexibility index (Phi) is 5.30. The van der Waals surface area contributed by atoms with Crippen LogP contribution in [0.4, 0.5) is 0 Å². The highest BCUT2D eigenvalue weighted by atomic mass is 16.2. The number of amides is 1.